The third kappa shape index (κ3) is 3.08. The van der Waals surface area contributed by atoms with Gasteiger partial charge in [0.05, 0.1) is 11.8 Å². The number of benzene rings is 1. The molecule has 1 aromatic carbocycles. The van der Waals surface area contributed by atoms with Gasteiger partial charge in [0.25, 0.3) is 5.91 Å². The summed E-state index contributed by atoms with van der Waals surface area (Å²) in [5, 5.41) is 2.64. The lowest BCUT2D eigenvalue weighted by Gasteiger charge is -2.23. The van der Waals surface area contributed by atoms with E-state index in [-0.39, 0.29) is 35.5 Å². The number of fused-ring (bicyclic) bond motifs is 5. The molecule has 1 aromatic rings. The molecule has 7 heteroatoms. The summed E-state index contributed by atoms with van der Waals surface area (Å²) in [4.78, 5) is 51.0. The minimum atomic E-state index is -1.02. The maximum absolute atomic E-state index is 12.8. The topological polar surface area (TPSA) is 92.8 Å². The third-order valence-electron chi connectivity index (χ3n) is 6.37. The van der Waals surface area contributed by atoms with Crippen molar-refractivity contribution in [1.82, 2.24) is 4.90 Å². The average molecular weight is 384 g/mol. The number of carbonyl (C=O) groups excluding carboxylic acids is 4. The summed E-state index contributed by atoms with van der Waals surface area (Å²) in [6.45, 7) is 2.96. The lowest BCUT2D eigenvalue weighted by Crippen LogP contribution is -2.45. The van der Waals surface area contributed by atoms with Crippen LogP contribution in [0.15, 0.2) is 24.3 Å². The fourth-order valence-electron chi connectivity index (χ4n) is 5.01. The van der Waals surface area contributed by atoms with E-state index in [1.54, 1.807) is 12.1 Å². The molecule has 1 saturated heterocycles. The molecule has 2 aliphatic carbocycles. The summed E-state index contributed by atoms with van der Waals surface area (Å²) in [6, 6.07) is 6.21. The third-order valence-corrected chi connectivity index (χ3v) is 6.37. The van der Waals surface area contributed by atoms with Crippen molar-refractivity contribution in [2.24, 2.45) is 23.7 Å². The highest BCUT2D eigenvalue weighted by Crippen LogP contribution is 2.56. The molecule has 4 rings (SSSR count). The molecule has 3 fully saturated rings. The van der Waals surface area contributed by atoms with E-state index in [2.05, 4.69) is 5.32 Å². The van der Waals surface area contributed by atoms with Crippen LogP contribution < -0.4 is 5.32 Å². The first kappa shape index (κ1) is 18.7. The van der Waals surface area contributed by atoms with Crippen LogP contribution >= 0.6 is 0 Å². The van der Waals surface area contributed by atoms with Gasteiger partial charge >= 0.3 is 5.97 Å². The van der Waals surface area contributed by atoms with Gasteiger partial charge in [0.2, 0.25) is 11.8 Å². The van der Waals surface area contributed by atoms with Crippen molar-refractivity contribution < 1.29 is 23.9 Å². The molecule has 0 spiro atoms. The maximum atomic E-state index is 12.8. The van der Waals surface area contributed by atoms with Crippen molar-refractivity contribution in [2.45, 2.75) is 39.2 Å². The molecule has 0 aromatic heterocycles. The monoisotopic (exact) mass is 384 g/mol. The van der Waals surface area contributed by atoms with E-state index in [0.717, 1.165) is 29.7 Å². The van der Waals surface area contributed by atoms with Gasteiger partial charge in [0, 0.05) is 5.69 Å². The second-order valence-corrected chi connectivity index (χ2v) is 8.13. The fourth-order valence-corrected chi connectivity index (χ4v) is 5.01. The van der Waals surface area contributed by atoms with Gasteiger partial charge in [-0.25, -0.2) is 4.79 Å². The lowest BCUT2D eigenvalue weighted by molar-refractivity contribution is -0.159. The first-order valence-corrected chi connectivity index (χ1v) is 9.77. The zero-order valence-electron chi connectivity index (χ0n) is 16.0. The van der Waals surface area contributed by atoms with Crippen molar-refractivity contribution >= 4 is 29.4 Å². The van der Waals surface area contributed by atoms with Crippen LogP contribution in [0.4, 0.5) is 5.69 Å². The van der Waals surface area contributed by atoms with Gasteiger partial charge in [0.1, 0.15) is 6.04 Å². The van der Waals surface area contributed by atoms with Crippen molar-refractivity contribution in [3.63, 3.8) is 0 Å². The molecule has 2 saturated carbocycles. The number of ether oxygens (including phenoxy) is 1. The Kier molecular flexibility index (Phi) is 4.69. The number of hydrogen-bond donors (Lipinski definition) is 1. The first-order chi connectivity index (χ1) is 13.4. The highest BCUT2D eigenvalue weighted by Gasteiger charge is 2.62. The Morgan fingerprint density at radius 1 is 1.11 bits per heavy atom. The number of imide groups is 1. The van der Waals surface area contributed by atoms with Crippen molar-refractivity contribution in [3.8, 4) is 0 Å². The molecule has 0 unspecified atom stereocenters. The number of rotatable bonds is 5. The number of aryl methyl sites for hydroxylation is 1. The van der Waals surface area contributed by atoms with Gasteiger partial charge in [-0.3, -0.25) is 19.3 Å². The summed E-state index contributed by atoms with van der Waals surface area (Å²) in [5.74, 6) is -1.74. The molecule has 1 aliphatic heterocycles. The quantitative estimate of drug-likeness (QED) is 0.618. The van der Waals surface area contributed by atoms with Gasteiger partial charge in [-0.2, -0.15) is 0 Å². The van der Waals surface area contributed by atoms with Crippen LogP contribution in [-0.4, -0.2) is 41.2 Å². The molecule has 28 heavy (non-hydrogen) atoms. The van der Waals surface area contributed by atoms with Crippen LogP contribution in [0.5, 0.6) is 0 Å². The van der Waals surface area contributed by atoms with Crippen LogP contribution in [0.1, 0.15) is 31.7 Å². The molecule has 3 amide bonds. The zero-order valence-corrected chi connectivity index (χ0v) is 16.0. The fraction of sp³-hybridized carbons (Fsp3) is 0.524. The molecule has 2 bridgehead atoms. The molecule has 0 radical (unpaired) electrons. The van der Waals surface area contributed by atoms with E-state index in [1.807, 2.05) is 19.1 Å². The molecule has 7 nitrogen and oxygen atoms in total. The maximum Gasteiger partial charge on any atom is 0.329 e. The zero-order chi connectivity index (χ0) is 20.0. The molecule has 1 heterocycles. The smallest absolute Gasteiger partial charge is 0.329 e. The predicted molar refractivity (Wildman–Crippen MR) is 99.9 cm³/mol. The van der Waals surface area contributed by atoms with Gasteiger partial charge in [-0.15, -0.1) is 0 Å². The van der Waals surface area contributed by atoms with Gasteiger partial charge < -0.3 is 10.1 Å². The Balaban J connectivity index is 1.33. The number of nitrogens with one attached hydrogen (secondary N) is 1. The first-order valence-electron chi connectivity index (χ1n) is 9.77. The molecule has 3 aliphatic rings. The Morgan fingerprint density at radius 3 is 2.25 bits per heavy atom. The number of hydrogen-bond acceptors (Lipinski definition) is 5. The molecule has 1 N–H and O–H groups in total. The van der Waals surface area contributed by atoms with Crippen LogP contribution in [0, 0.1) is 30.6 Å². The minimum Gasteiger partial charge on any atom is -0.454 e. The van der Waals surface area contributed by atoms with E-state index in [9.17, 15) is 19.2 Å². The SMILES string of the molecule is Cc1ccc(NC(=O)COC(=O)[C@@H](C)N2C(=O)[C@H]3[C@@H]4CC[C@@H](C4)[C@@H]3C2=O)cc1. The Labute approximate surface area is 163 Å². The van der Waals surface area contributed by atoms with Crippen LogP contribution in [0.2, 0.25) is 0 Å². The lowest BCUT2D eigenvalue weighted by atomic mass is 9.81. The van der Waals surface area contributed by atoms with Crippen molar-refractivity contribution in [1.29, 1.82) is 0 Å². The normalized spacial score (nSPS) is 29.0. The number of anilines is 1. The van der Waals surface area contributed by atoms with E-state index in [0.29, 0.717) is 5.69 Å². The largest absolute Gasteiger partial charge is 0.454 e. The molecular weight excluding hydrogens is 360 g/mol. The standard InChI is InChI=1S/C21H24N2O5/c1-11-3-7-15(8-4-11)22-16(24)10-28-21(27)12(2)23-19(25)17-13-5-6-14(9-13)18(17)20(23)26/h3-4,7-8,12-14,17-18H,5-6,9-10H2,1-2H3,(H,22,24)/t12-,13-,14+,17+,18+/m1/s1. The van der Waals surface area contributed by atoms with E-state index >= 15 is 0 Å². The number of nitrogens with zero attached hydrogens (tertiary/aromatic N) is 1. The highest BCUT2D eigenvalue weighted by atomic mass is 16.5. The molecular formula is C21H24N2O5. The summed E-state index contributed by atoms with van der Waals surface area (Å²) in [7, 11) is 0. The van der Waals surface area contributed by atoms with Crippen molar-refractivity contribution in [2.75, 3.05) is 11.9 Å². The van der Waals surface area contributed by atoms with E-state index in [4.69, 9.17) is 4.74 Å². The predicted octanol–water partition coefficient (Wildman–Crippen LogP) is 1.90. The minimum absolute atomic E-state index is 0.254. The van der Waals surface area contributed by atoms with E-state index in [1.165, 1.54) is 6.92 Å². The summed E-state index contributed by atoms with van der Waals surface area (Å²) in [6.07, 6.45) is 2.91. The van der Waals surface area contributed by atoms with Crippen LogP contribution in [0.3, 0.4) is 0 Å². The molecule has 148 valence electrons. The van der Waals surface area contributed by atoms with E-state index < -0.39 is 24.5 Å². The highest BCUT2D eigenvalue weighted by molar-refractivity contribution is 6.08. The van der Waals surface area contributed by atoms with Gasteiger partial charge in [-0.05, 0) is 57.1 Å². The number of esters is 1. The second-order valence-electron chi connectivity index (χ2n) is 8.13. The average Bonchev–Trinajstić information content (AvgIpc) is 3.35. The van der Waals surface area contributed by atoms with Crippen molar-refractivity contribution in [3.05, 3.63) is 29.8 Å². The van der Waals surface area contributed by atoms with Crippen LogP contribution in [-0.2, 0) is 23.9 Å². The number of likely N-dealkylation sites (tertiary alicyclic amines) is 1. The second kappa shape index (κ2) is 7.04. The number of carbonyl (C=O) groups is 4. The Morgan fingerprint density at radius 2 is 1.68 bits per heavy atom. The Bertz CT molecular complexity index is 806. The Hall–Kier alpha value is -2.70. The molecule has 5 atom stereocenters. The number of amides is 3. The van der Waals surface area contributed by atoms with Gasteiger partial charge in [0.15, 0.2) is 6.61 Å². The van der Waals surface area contributed by atoms with Crippen LogP contribution in [0.25, 0.3) is 0 Å². The summed E-state index contributed by atoms with van der Waals surface area (Å²) >= 11 is 0. The van der Waals surface area contributed by atoms with Gasteiger partial charge in [-0.1, -0.05) is 17.7 Å². The summed E-state index contributed by atoms with van der Waals surface area (Å²) in [5.41, 5.74) is 1.67. The summed E-state index contributed by atoms with van der Waals surface area (Å²) < 4.78 is 5.06.